The zero-order valence-electron chi connectivity index (χ0n) is 26.4. The van der Waals surface area contributed by atoms with Gasteiger partial charge < -0.3 is 14.0 Å². The molecular formula is C35H35N7O6. The lowest BCUT2D eigenvalue weighted by atomic mass is 10.1. The maximum absolute atomic E-state index is 11.8. The first-order valence-electron chi connectivity index (χ1n) is 15.5. The number of H-pyrrole nitrogens is 1. The van der Waals surface area contributed by atoms with E-state index in [0.29, 0.717) is 37.8 Å². The zero-order valence-corrected chi connectivity index (χ0v) is 26.4. The lowest BCUT2D eigenvalue weighted by Gasteiger charge is -2.12. The number of carbonyl (C=O) groups excluding carboxylic acids is 2. The molecule has 2 N–H and O–H groups in total. The van der Waals surface area contributed by atoms with Gasteiger partial charge in [-0.3, -0.25) is 24.5 Å². The number of aliphatic imine (C=N–C) groups is 1. The third kappa shape index (κ3) is 9.00. The van der Waals surface area contributed by atoms with Crippen molar-refractivity contribution in [2.45, 2.75) is 39.2 Å². The average molecular weight is 650 g/mol. The number of nitrogens with zero attached hydrogens (tertiary/aromatic N) is 5. The standard InChI is InChI=1S/C31H31N5O4.C4H4N2O2/c1-2-3-21-39-26-14-10-23(11-15-26)29-33-34-30(36(29)25-8-5-4-6-9-25)24-12-16-27(17-13-24)40-22-7-19-35-20-18-28(37)32-31(35)38;7-3-1-2-5-4(8)6-3/h4-6,8-18,20H,2-3,7,19,21-22H2,1H3,(H,32,37,38);2H,1H2,(H,6,7,8). The van der Waals surface area contributed by atoms with Crippen molar-refractivity contribution in [3.05, 3.63) is 112 Å². The molecule has 13 heteroatoms. The maximum atomic E-state index is 11.8. The number of nitrogens with one attached hydrogen (secondary N) is 2. The normalized spacial score (nSPS) is 12.2. The molecule has 48 heavy (non-hydrogen) atoms. The molecule has 6 rings (SSSR count). The van der Waals surface area contributed by atoms with Crippen molar-refractivity contribution in [1.29, 1.82) is 0 Å². The summed E-state index contributed by atoms with van der Waals surface area (Å²) < 4.78 is 15.2. The number of urea groups is 1. The first-order valence-corrected chi connectivity index (χ1v) is 15.5. The van der Waals surface area contributed by atoms with Crippen LogP contribution in [0.15, 0.2) is 106 Å². The van der Waals surface area contributed by atoms with E-state index < -0.39 is 17.3 Å². The van der Waals surface area contributed by atoms with Crippen LogP contribution in [0.5, 0.6) is 11.5 Å². The molecule has 0 bridgehead atoms. The van der Waals surface area contributed by atoms with Crippen LogP contribution >= 0.6 is 0 Å². The fourth-order valence-electron chi connectivity index (χ4n) is 4.67. The maximum Gasteiger partial charge on any atom is 0.347 e. The van der Waals surface area contributed by atoms with E-state index >= 15 is 0 Å². The largest absolute Gasteiger partial charge is 0.494 e. The molecule has 1 aliphatic rings. The van der Waals surface area contributed by atoms with Gasteiger partial charge in [-0.25, -0.2) is 14.6 Å². The number of ether oxygens (including phenoxy) is 2. The minimum absolute atomic E-state index is 0.214. The molecule has 0 atom stereocenters. The van der Waals surface area contributed by atoms with Crippen LogP contribution in [0, 0.1) is 0 Å². The monoisotopic (exact) mass is 649 g/mol. The Morgan fingerprint density at radius 1 is 0.750 bits per heavy atom. The van der Waals surface area contributed by atoms with Gasteiger partial charge in [-0.2, -0.15) is 0 Å². The number of benzene rings is 3. The van der Waals surface area contributed by atoms with Crippen LogP contribution < -0.4 is 26.0 Å². The Kier molecular flexibility index (Phi) is 11.4. The van der Waals surface area contributed by atoms with Gasteiger partial charge >= 0.3 is 11.7 Å². The van der Waals surface area contributed by atoms with Crippen LogP contribution in [-0.2, 0) is 11.3 Å². The number of unbranched alkanes of at least 4 members (excludes halogenated alkanes) is 1. The molecule has 0 saturated heterocycles. The fourth-order valence-corrected chi connectivity index (χ4v) is 4.67. The van der Waals surface area contributed by atoms with Gasteiger partial charge in [-0.1, -0.05) is 31.5 Å². The van der Waals surface area contributed by atoms with Crippen LogP contribution in [0.2, 0.25) is 0 Å². The average Bonchev–Trinajstić information content (AvgIpc) is 3.54. The van der Waals surface area contributed by atoms with Crippen LogP contribution in [0.3, 0.4) is 0 Å². The van der Waals surface area contributed by atoms with Crippen LogP contribution in [-0.4, -0.2) is 55.7 Å². The van der Waals surface area contributed by atoms with E-state index in [1.165, 1.54) is 23.0 Å². The highest BCUT2D eigenvalue weighted by molar-refractivity contribution is 6.07. The van der Waals surface area contributed by atoms with Crippen molar-refractivity contribution in [2.75, 3.05) is 13.2 Å². The first kappa shape index (κ1) is 33.3. The number of hydrogen-bond donors (Lipinski definition) is 2. The highest BCUT2D eigenvalue weighted by atomic mass is 16.5. The summed E-state index contributed by atoms with van der Waals surface area (Å²) in [4.78, 5) is 48.9. The molecule has 3 heterocycles. The Bertz CT molecular complexity index is 1960. The van der Waals surface area contributed by atoms with Crippen molar-refractivity contribution in [1.82, 2.24) is 29.6 Å². The SMILES string of the molecule is CCCCOc1ccc(-c2nnc(-c3ccc(OCCCn4ccc(=O)[nH]c4=O)cc3)n2-c2ccccc2)cc1.O=C1CC=NC(=O)N1. The lowest BCUT2D eigenvalue weighted by molar-refractivity contribution is -0.118. The molecule has 2 aromatic heterocycles. The minimum Gasteiger partial charge on any atom is -0.494 e. The molecule has 0 saturated carbocycles. The zero-order chi connectivity index (χ0) is 33.7. The van der Waals surface area contributed by atoms with Crippen LogP contribution in [0.4, 0.5) is 4.79 Å². The third-order valence-electron chi connectivity index (χ3n) is 7.11. The Morgan fingerprint density at radius 3 is 1.88 bits per heavy atom. The van der Waals surface area contributed by atoms with Gasteiger partial charge in [0, 0.05) is 41.8 Å². The highest BCUT2D eigenvalue weighted by Crippen LogP contribution is 2.30. The smallest absolute Gasteiger partial charge is 0.347 e. The Morgan fingerprint density at radius 2 is 1.35 bits per heavy atom. The molecule has 246 valence electrons. The summed E-state index contributed by atoms with van der Waals surface area (Å²) in [5, 5.41) is 11.1. The summed E-state index contributed by atoms with van der Waals surface area (Å²) in [6.07, 6.45) is 5.72. The van der Waals surface area contributed by atoms with Gasteiger partial charge in [-0.05, 0) is 73.5 Å². The fraction of sp³-hybridized carbons (Fsp3) is 0.229. The number of hydrogen-bond acceptors (Lipinski definition) is 8. The number of imide groups is 1. The number of carbonyl (C=O) groups is 2. The van der Waals surface area contributed by atoms with Crippen LogP contribution in [0.25, 0.3) is 28.5 Å². The number of aromatic nitrogens is 5. The molecule has 0 aliphatic carbocycles. The molecule has 3 amide bonds. The van der Waals surface area contributed by atoms with Crippen molar-refractivity contribution >= 4 is 18.2 Å². The molecule has 0 unspecified atom stereocenters. The number of aryl methyl sites for hydroxylation is 1. The number of rotatable bonds is 12. The predicted octanol–water partition coefficient (Wildman–Crippen LogP) is 4.80. The van der Waals surface area contributed by atoms with Gasteiger partial charge in [-0.15, -0.1) is 10.2 Å². The Labute approximate surface area is 275 Å². The summed E-state index contributed by atoms with van der Waals surface area (Å²) in [6, 6.07) is 26.4. The molecule has 0 radical (unpaired) electrons. The van der Waals surface area contributed by atoms with E-state index in [1.807, 2.05) is 88.7 Å². The molecule has 0 fully saturated rings. The molecule has 3 aromatic carbocycles. The first-order chi connectivity index (χ1) is 23.4. The lowest BCUT2D eigenvalue weighted by Crippen LogP contribution is -2.31. The van der Waals surface area contributed by atoms with Gasteiger partial charge in [0.25, 0.3) is 5.56 Å². The second-order valence-corrected chi connectivity index (χ2v) is 10.6. The summed E-state index contributed by atoms with van der Waals surface area (Å²) in [5.41, 5.74) is 1.97. The second kappa shape index (κ2) is 16.5. The molecule has 5 aromatic rings. The molecule has 13 nitrogen and oxygen atoms in total. The molecule has 1 aliphatic heterocycles. The summed E-state index contributed by atoms with van der Waals surface area (Å²) in [5.74, 6) is 2.71. The summed E-state index contributed by atoms with van der Waals surface area (Å²) in [6.45, 7) is 3.72. The van der Waals surface area contributed by atoms with E-state index in [-0.39, 0.29) is 12.3 Å². The van der Waals surface area contributed by atoms with Crippen molar-refractivity contribution in [3.8, 4) is 40.0 Å². The highest BCUT2D eigenvalue weighted by Gasteiger charge is 2.17. The number of aromatic amines is 1. The second-order valence-electron chi connectivity index (χ2n) is 10.6. The van der Waals surface area contributed by atoms with Crippen LogP contribution in [0.1, 0.15) is 32.6 Å². The minimum atomic E-state index is -0.568. The predicted molar refractivity (Wildman–Crippen MR) is 181 cm³/mol. The van der Waals surface area contributed by atoms with Gasteiger partial charge in [0.2, 0.25) is 5.91 Å². The van der Waals surface area contributed by atoms with Gasteiger partial charge in [0.15, 0.2) is 11.6 Å². The van der Waals surface area contributed by atoms with Crippen molar-refractivity contribution in [2.24, 2.45) is 4.99 Å². The number of amides is 3. The van der Waals surface area contributed by atoms with E-state index in [1.54, 1.807) is 0 Å². The summed E-state index contributed by atoms with van der Waals surface area (Å²) in [7, 11) is 0. The Hall–Kier alpha value is -6.11. The molecular weight excluding hydrogens is 614 g/mol. The van der Waals surface area contributed by atoms with E-state index in [0.717, 1.165) is 41.2 Å². The molecule has 0 spiro atoms. The van der Waals surface area contributed by atoms with E-state index in [2.05, 4.69) is 27.1 Å². The topological polar surface area (TPSA) is 163 Å². The Balaban J connectivity index is 0.000000494. The van der Waals surface area contributed by atoms with Crippen molar-refractivity contribution < 1.29 is 19.1 Å². The van der Waals surface area contributed by atoms with Gasteiger partial charge in [0.05, 0.1) is 19.6 Å². The quantitative estimate of drug-likeness (QED) is 0.182. The number of para-hydroxylation sites is 1. The van der Waals surface area contributed by atoms with E-state index in [9.17, 15) is 19.2 Å². The van der Waals surface area contributed by atoms with E-state index in [4.69, 9.17) is 9.47 Å². The third-order valence-corrected chi connectivity index (χ3v) is 7.11. The van der Waals surface area contributed by atoms with Crippen molar-refractivity contribution in [3.63, 3.8) is 0 Å². The summed E-state index contributed by atoms with van der Waals surface area (Å²) >= 11 is 0. The van der Waals surface area contributed by atoms with Gasteiger partial charge in [0.1, 0.15) is 11.5 Å².